The average molecular weight is 280 g/mol. The summed E-state index contributed by atoms with van der Waals surface area (Å²) in [6, 6.07) is 19.5. The fourth-order valence-electron chi connectivity index (χ4n) is 2.48. The van der Waals surface area contributed by atoms with E-state index in [2.05, 4.69) is 14.9 Å². The van der Waals surface area contributed by atoms with Gasteiger partial charge in [0, 0.05) is 12.0 Å². The monoisotopic (exact) mass is 280 g/mol. The summed E-state index contributed by atoms with van der Waals surface area (Å²) in [6.45, 7) is 1.87. The molecule has 0 amide bonds. The summed E-state index contributed by atoms with van der Waals surface area (Å²) in [5, 5.41) is 9.35. The molecular weight excluding hydrogens is 264 g/mol. The molecule has 106 valence electrons. The Morgan fingerprint density at radius 1 is 0.952 bits per heavy atom. The zero-order valence-corrected chi connectivity index (χ0v) is 11.7. The second-order valence-electron chi connectivity index (χ2n) is 5.02. The minimum Gasteiger partial charge on any atom is -0.247 e. The zero-order chi connectivity index (χ0) is 14.7. The lowest BCUT2D eigenvalue weighted by Crippen LogP contribution is -2.28. The first kappa shape index (κ1) is 13.7. The largest absolute Gasteiger partial charge is 0.290 e. The first-order valence-corrected chi connectivity index (χ1v) is 6.81. The predicted molar refractivity (Wildman–Crippen MR) is 82.7 cm³/mol. The summed E-state index contributed by atoms with van der Waals surface area (Å²) in [7, 11) is 0. The summed E-state index contributed by atoms with van der Waals surface area (Å²) in [5.74, 6) is -1.28. The van der Waals surface area contributed by atoms with E-state index in [4.69, 9.17) is 0 Å². The van der Waals surface area contributed by atoms with Gasteiger partial charge in [0.1, 0.15) is 0 Å². The van der Waals surface area contributed by atoms with E-state index in [-0.39, 0.29) is 0 Å². The number of hydrogen-bond acceptors (Lipinski definition) is 4. The highest BCUT2D eigenvalue weighted by Gasteiger charge is 2.37. The van der Waals surface area contributed by atoms with Gasteiger partial charge in [-0.05, 0) is 12.5 Å². The molecule has 4 nitrogen and oxygen atoms in total. The van der Waals surface area contributed by atoms with Crippen LogP contribution in [0.3, 0.4) is 0 Å². The van der Waals surface area contributed by atoms with E-state index >= 15 is 0 Å². The number of rotatable bonds is 4. The average Bonchev–Trinajstić information content (AvgIpc) is 2.86. The van der Waals surface area contributed by atoms with Gasteiger partial charge in [0.15, 0.2) is 0 Å². The van der Waals surface area contributed by atoms with Crippen molar-refractivity contribution in [2.75, 3.05) is 0 Å². The molecule has 2 aromatic carbocycles. The molecular formula is C17H16N2O2. The second kappa shape index (κ2) is 5.60. The van der Waals surface area contributed by atoms with Gasteiger partial charge in [-0.3, -0.25) is 0 Å². The lowest BCUT2D eigenvalue weighted by Gasteiger charge is -2.18. The van der Waals surface area contributed by atoms with Crippen LogP contribution in [0.4, 0.5) is 0 Å². The minimum absolute atomic E-state index is 0.387. The summed E-state index contributed by atoms with van der Waals surface area (Å²) < 4.78 is 0. The van der Waals surface area contributed by atoms with Gasteiger partial charge in [-0.1, -0.05) is 60.7 Å². The maximum Gasteiger partial charge on any atom is 0.290 e. The molecule has 0 aliphatic carbocycles. The standard InChI is InChI=1S/C17H16N2O2/c1-13-16(15-10-6-3-7-11-15)19-17(18-13,21-20)12-14-8-4-2-5-9-14/h2-11,20H,12H2,1H3. The normalized spacial score (nSPS) is 21.0. The number of hydrogen-bond donors (Lipinski definition) is 1. The van der Waals surface area contributed by atoms with Gasteiger partial charge in [-0.25, -0.2) is 15.2 Å². The van der Waals surface area contributed by atoms with E-state index in [1.807, 2.05) is 67.6 Å². The quantitative estimate of drug-likeness (QED) is 0.690. The van der Waals surface area contributed by atoms with Crippen LogP contribution in [0.25, 0.3) is 0 Å². The van der Waals surface area contributed by atoms with Gasteiger partial charge in [-0.2, -0.15) is 4.89 Å². The van der Waals surface area contributed by atoms with Gasteiger partial charge in [0.05, 0.1) is 11.4 Å². The minimum atomic E-state index is -1.28. The Balaban J connectivity index is 1.96. The molecule has 2 aromatic rings. The van der Waals surface area contributed by atoms with Crippen LogP contribution in [-0.2, 0) is 11.3 Å². The second-order valence-corrected chi connectivity index (χ2v) is 5.02. The van der Waals surface area contributed by atoms with Crippen molar-refractivity contribution in [3.05, 3.63) is 71.8 Å². The van der Waals surface area contributed by atoms with Crippen LogP contribution in [0.5, 0.6) is 0 Å². The summed E-state index contributed by atoms with van der Waals surface area (Å²) in [6.07, 6.45) is 0.387. The molecule has 3 rings (SSSR count). The van der Waals surface area contributed by atoms with Crippen molar-refractivity contribution in [1.29, 1.82) is 0 Å². The Morgan fingerprint density at radius 3 is 2.19 bits per heavy atom. The Kier molecular flexibility index (Phi) is 3.64. The molecule has 1 atom stereocenters. The molecule has 0 aromatic heterocycles. The van der Waals surface area contributed by atoms with E-state index in [0.717, 1.165) is 22.6 Å². The molecule has 0 radical (unpaired) electrons. The van der Waals surface area contributed by atoms with Gasteiger partial charge in [0.2, 0.25) is 0 Å². The van der Waals surface area contributed by atoms with Crippen LogP contribution < -0.4 is 0 Å². The topological polar surface area (TPSA) is 54.2 Å². The van der Waals surface area contributed by atoms with Gasteiger partial charge in [-0.15, -0.1) is 0 Å². The van der Waals surface area contributed by atoms with E-state index in [9.17, 15) is 5.26 Å². The maximum atomic E-state index is 9.35. The third-order valence-corrected chi connectivity index (χ3v) is 3.44. The molecule has 0 saturated carbocycles. The van der Waals surface area contributed by atoms with Crippen molar-refractivity contribution in [2.45, 2.75) is 19.2 Å². The van der Waals surface area contributed by atoms with Crippen molar-refractivity contribution in [1.82, 2.24) is 0 Å². The van der Waals surface area contributed by atoms with E-state index in [1.165, 1.54) is 0 Å². The molecule has 0 spiro atoms. The van der Waals surface area contributed by atoms with E-state index < -0.39 is 5.85 Å². The molecule has 1 unspecified atom stereocenters. The summed E-state index contributed by atoms with van der Waals surface area (Å²) in [5.41, 5.74) is 3.47. The highest BCUT2D eigenvalue weighted by atomic mass is 17.1. The number of aliphatic imine (C=N–C) groups is 2. The summed E-state index contributed by atoms with van der Waals surface area (Å²) >= 11 is 0. The lowest BCUT2D eigenvalue weighted by molar-refractivity contribution is -0.317. The van der Waals surface area contributed by atoms with Crippen LogP contribution in [0, 0.1) is 0 Å². The van der Waals surface area contributed by atoms with Crippen molar-refractivity contribution >= 4 is 11.4 Å². The van der Waals surface area contributed by atoms with Crippen molar-refractivity contribution in [2.24, 2.45) is 9.98 Å². The third kappa shape index (κ3) is 2.77. The molecule has 1 aliphatic heterocycles. The van der Waals surface area contributed by atoms with Crippen LogP contribution in [0.15, 0.2) is 70.6 Å². The fraction of sp³-hybridized carbons (Fsp3) is 0.176. The molecule has 0 fully saturated rings. The molecule has 1 N–H and O–H groups in total. The molecule has 21 heavy (non-hydrogen) atoms. The van der Waals surface area contributed by atoms with Crippen LogP contribution >= 0.6 is 0 Å². The first-order chi connectivity index (χ1) is 10.2. The SMILES string of the molecule is CC1=NC(Cc2ccccc2)(OO)N=C1c1ccccc1. The van der Waals surface area contributed by atoms with Crippen molar-refractivity contribution in [3.8, 4) is 0 Å². The Hall–Kier alpha value is -2.30. The first-order valence-electron chi connectivity index (χ1n) is 6.81. The molecule has 0 saturated heterocycles. The zero-order valence-electron chi connectivity index (χ0n) is 11.7. The highest BCUT2D eigenvalue weighted by Crippen LogP contribution is 2.27. The third-order valence-electron chi connectivity index (χ3n) is 3.44. The smallest absolute Gasteiger partial charge is 0.247 e. The predicted octanol–water partition coefficient (Wildman–Crippen LogP) is 3.34. The van der Waals surface area contributed by atoms with E-state index in [0.29, 0.717) is 6.42 Å². The van der Waals surface area contributed by atoms with Gasteiger partial charge >= 0.3 is 0 Å². The van der Waals surface area contributed by atoms with Crippen molar-refractivity contribution < 1.29 is 10.1 Å². The Labute approximate surface area is 123 Å². The number of nitrogens with zero attached hydrogens (tertiary/aromatic N) is 2. The Morgan fingerprint density at radius 2 is 1.57 bits per heavy atom. The van der Waals surface area contributed by atoms with Crippen LogP contribution in [0.1, 0.15) is 18.1 Å². The lowest BCUT2D eigenvalue weighted by atomic mass is 10.1. The molecule has 4 heteroatoms. The molecule has 0 bridgehead atoms. The summed E-state index contributed by atoms with van der Waals surface area (Å²) in [4.78, 5) is 13.6. The highest BCUT2D eigenvalue weighted by molar-refractivity contribution is 6.48. The van der Waals surface area contributed by atoms with Crippen molar-refractivity contribution in [3.63, 3.8) is 0 Å². The van der Waals surface area contributed by atoms with Crippen LogP contribution in [0.2, 0.25) is 0 Å². The van der Waals surface area contributed by atoms with Gasteiger partial charge in [0.25, 0.3) is 5.85 Å². The number of benzene rings is 2. The Bertz CT molecular complexity index is 680. The van der Waals surface area contributed by atoms with E-state index in [1.54, 1.807) is 0 Å². The fourth-order valence-corrected chi connectivity index (χ4v) is 2.48. The van der Waals surface area contributed by atoms with Crippen LogP contribution in [-0.4, -0.2) is 22.5 Å². The maximum absolute atomic E-state index is 9.35. The van der Waals surface area contributed by atoms with Gasteiger partial charge < -0.3 is 0 Å². The molecule has 1 heterocycles. The molecule has 1 aliphatic rings.